The van der Waals surface area contributed by atoms with Gasteiger partial charge >= 0.3 is 0 Å². The Kier molecular flexibility index (Phi) is 11.0. The summed E-state index contributed by atoms with van der Waals surface area (Å²) in [6, 6.07) is 10.6. The molecule has 0 atom stereocenters. The van der Waals surface area contributed by atoms with Crippen molar-refractivity contribution in [2.24, 2.45) is 0 Å². The zero-order chi connectivity index (χ0) is 16.1. The molecule has 0 aliphatic heterocycles. The van der Waals surface area contributed by atoms with Gasteiger partial charge in [-0.1, -0.05) is 68.8 Å². The predicted molar refractivity (Wildman–Crippen MR) is 94.6 cm³/mol. The van der Waals surface area contributed by atoms with Gasteiger partial charge in [0.1, 0.15) is 0 Å². The van der Waals surface area contributed by atoms with Crippen LogP contribution in [0.1, 0.15) is 52.5 Å². The third-order valence-electron chi connectivity index (χ3n) is 3.22. The van der Waals surface area contributed by atoms with Crippen LogP contribution in [-0.4, -0.2) is 5.11 Å². The number of hydrogen-bond acceptors (Lipinski definition) is 1. The van der Waals surface area contributed by atoms with Gasteiger partial charge in [0.2, 0.25) is 0 Å². The van der Waals surface area contributed by atoms with Crippen molar-refractivity contribution in [3.05, 3.63) is 71.5 Å². The molecule has 0 aliphatic carbocycles. The molecule has 0 amide bonds. The van der Waals surface area contributed by atoms with E-state index in [4.69, 9.17) is 5.11 Å². The smallest absolute Gasteiger partial charge is 0.0891 e. The van der Waals surface area contributed by atoms with Crippen LogP contribution >= 0.6 is 0 Å². The van der Waals surface area contributed by atoms with Crippen molar-refractivity contribution < 1.29 is 5.11 Å². The van der Waals surface area contributed by atoms with E-state index in [1.807, 2.05) is 13.0 Å². The molecule has 1 aromatic rings. The monoisotopic (exact) mass is 286 g/mol. The van der Waals surface area contributed by atoms with E-state index >= 15 is 0 Å². The molecule has 1 aromatic carbocycles. The summed E-state index contributed by atoms with van der Waals surface area (Å²) in [6.07, 6.45) is 8.34. The minimum atomic E-state index is 0.327. The van der Waals surface area contributed by atoms with E-state index in [1.165, 1.54) is 24.8 Å². The first-order valence-electron chi connectivity index (χ1n) is 7.77. The second kappa shape index (κ2) is 12.0. The fourth-order valence-corrected chi connectivity index (χ4v) is 1.67. The van der Waals surface area contributed by atoms with Gasteiger partial charge in [0.15, 0.2) is 0 Å². The van der Waals surface area contributed by atoms with Crippen molar-refractivity contribution in [3.63, 3.8) is 0 Å². The molecule has 0 radical (unpaired) electrons. The Morgan fingerprint density at radius 1 is 1.10 bits per heavy atom. The van der Waals surface area contributed by atoms with Crippen LogP contribution in [-0.2, 0) is 6.42 Å². The molecule has 116 valence electrons. The van der Waals surface area contributed by atoms with E-state index < -0.39 is 0 Å². The molecule has 0 aliphatic rings. The number of hydrogen-bond donors (Lipinski definition) is 1. The lowest BCUT2D eigenvalue weighted by atomic mass is 10.1. The highest BCUT2D eigenvalue weighted by molar-refractivity contribution is 5.29. The zero-order valence-corrected chi connectivity index (χ0v) is 14.0. The molecular weight excluding hydrogens is 256 g/mol. The van der Waals surface area contributed by atoms with Crippen LogP contribution in [0.3, 0.4) is 0 Å². The molecule has 0 fully saturated rings. The number of benzene rings is 1. The zero-order valence-electron chi connectivity index (χ0n) is 14.0. The molecule has 0 saturated heterocycles. The summed E-state index contributed by atoms with van der Waals surface area (Å²) in [4.78, 5) is 0. The van der Waals surface area contributed by atoms with Crippen LogP contribution in [0.5, 0.6) is 0 Å². The molecule has 1 nitrogen and oxygen atoms in total. The molecule has 0 heterocycles. The molecule has 0 unspecified atom stereocenters. The van der Waals surface area contributed by atoms with Gasteiger partial charge in [-0.3, -0.25) is 0 Å². The van der Waals surface area contributed by atoms with Gasteiger partial charge in [-0.25, -0.2) is 0 Å². The number of aryl methyl sites for hydroxylation is 1. The third-order valence-corrected chi connectivity index (χ3v) is 3.22. The average Bonchev–Trinajstić information content (AvgIpc) is 2.51. The average molecular weight is 286 g/mol. The van der Waals surface area contributed by atoms with E-state index in [1.54, 1.807) is 13.0 Å². The first-order valence-corrected chi connectivity index (χ1v) is 7.77. The van der Waals surface area contributed by atoms with E-state index in [0.717, 1.165) is 17.6 Å². The van der Waals surface area contributed by atoms with Crippen LogP contribution in [0.4, 0.5) is 0 Å². The minimum absolute atomic E-state index is 0.327. The van der Waals surface area contributed by atoms with Crippen LogP contribution in [0.2, 0.25) is 0 Å². The first kappa shape index (κ1) is 19.2. The van der Waals surface area contributed by atoms with E-state index in [9.17, 15) is 0 Å². The number of allylic oxidation sites excluding steroid dienone is 5. The van der Waals surface area contributed by atoms with Crippen LogP contribution in [0.15, 0.2) is 66.0 Å². The molecule has 0 aromatic heterocycles. The van der Waals surface area contributed by atoms with E-state index in [0.29, 0.717) is 5.76 Å². The minimum Gasteiger partial charge on any atom is -0.513 e. The second-order valence-electron chi connectivity index (χ2n) is 5.20. The van der Waals surface area contributed by atoms with Crippen LogP contribution < -0.4 is 0 Å². The van der Waals surface area contributed by atoms with Crippen molar-refractivity contribution in [2.75, 3.05) is 0 Å². The van der Waals surface area contributed by atoms with Gasteiger partial charge < -0.3 is 5.11 Å². The quantitative estimate of drug-likeness (QED) is 0.474. The molecule has 0 spiro atoms. The van der Waals surface area contributed by atoms with Crippen molar-refractivity contribution in [1.29, 1.82) is 0 Å². The van der Waals surface area contributed by atoms with Crippen molar-refractivity contribution in [2.45, 2.75) is 53.4 Å². The maximum absolute atomic E-state index is 8.84. The third kappa shape index (κ3) is 10.7. The fraction of sp³-hybridized carbons (Fsp3) is 0.400. The van der Waals surface area contributed by atoms with Crippen LogP contribution in [0.25, 0.3) is 0 Å². The standard InChI is InChI=1S/C10H16O.C10H14/c1-5-8(2)9(3)6-7-10(4)11;1-2-3-7-10-8-5-4-6-9-10/h6-7,11H,2,5H2,1,3-4H3;4-6,8-9H,2-3,7H2,1H3/b9-6-,10-7+;. The summed E-state index contributed by atoms with van der Waals surface area (Å²) in [5.74, 6) is 0.327. The van der Waals surface area contributed by atoms with Crippen molar-refractivity contribution >= 4 is 0 Å². The Balaban J connectivity index is 0.000000382. The SMILES string of the molecule is C=C(CC)/C(C)=C\C=C(/C)O.CCCCc1ccccc1. The molecule has 21 heavy (non-hydrogen) atoms. The lowest BCUT2D eigenvalue weighted by molar-refractivity contribution is 0.414. The van der Waals surface area contributed by atoms with Gasteiger partial charge in [0, 0.05) is 0 Å². The lowest BCUT2D eigenvalue weighted by Crippen LogP contribution is -1.81. The van der Waals surface area contributed by atoms with Crippen molar-refractivity contribution in [3.8, 4) is 0 Å². The summed E-state index contributed by atoms with van der Waals surface area (Å²) >= 11 is 0. The first-order chi connectivity index (χ1) is 10.0. The summed E-state index contributed by atoms with van der Waals surface area (Å²) in [5, 5.41) is 8.84. The van der Waals surface area contributed by atoms with Crippen molar-refractivity contribution in [1.82, 2.24) is 0 Å². The van der Waals surface area contributed by atoms with Crippen LogP contribution in [0, 0.1) is 0 Å². The van der Waals surface area contributed by atoms with E-state index in [-0.39, 0.29) is 0 Å². The highest BCUT2D eigenvalue weighted by Gasteiger charge is 1.90. The number of aliphatic hydroxyl groups is 1. The van der Waals surface area contributed by atoms with Gasteiger partial charge in [-0.05, 0) is 50.3 Å². The molecular formula is C20H30O. The highest BCUT2D eigenvalue weighted by atomic mass is 16.3. The largest absolute Gasteiger partial charge is 0.513 e. The molecule has 1 rings (SSSR count). The Labute approximate surface area is 130 Å². The van der Waals surface area contributed by atoms with Gasteiger partial charge in [-0.15, -0.1) is 0 Å². The molecule has 0 saturated carbocycles. The summed E-state index contributed by atoms with van der Waals surface area (Å²) in [6.45, 7) is 11.8. The summed E-state index contributed by atoms with van der Waals surface area (Å²) in [7, 11) is 0. The lowest BCUT2D eigenvalue weighted by Gasteiger charge is -1.99. The molecule has 1 N–H and O–H groups in total. The van der Waals surface area contributed by atoms with Gasteiger partial charge in [0.05, 0.1) is 5.76 Å². The Hall–Kier alpha value is -1.76. The second-order valence-corrected chi connectivity index (χ2v) is 5.20. The normalized spacial score (nSPS) is 11.6. The topological polar surface area (TPSA) is 20.2 Å². The Bertz CT molecular complexity index is 448. The van der Waals surface area contributed by atoms with Gasteiger partial charge in [0.25, 0.3) is 0 Å². The molecule has 1 heteroatoms. The predicted octanol–water partition coefficient (Wildman–Crippen LogP) is 6.39. The maximum atomic E-state index is 8.84. The summed E-state index contributed by atoms with van der Waals surface area (Å²) in [5.41, 5.74) is 3.70. The number of unbranched alkanes of at least 4 members (excludes halogenated alkanes) is 1. The number of rotatable bonds is 6. The number of aliphatic hydroxyl groups excluding tert-OH is 1. The summed E-state index contributed by atoms with van der Waals surface area (Å²) < 4.78 is 0. The Morgan fingerprint density at radius 2 is 1.71 bits per heavy atom. The van der Waals surface area contributed by atoms with E-state index in [2.05, 4.69) is 50.8 Å². The van der Waals surface area contributed by atoms with Gasteiger partial charge in [-0.2, -0.15) is 0 Å². The maximum Gasteiger partial charge on any atom is 0.0891 e. The Morgan fingerprint density at radius 3 is 2.19 bits per heavy atom. The molecule has 0 bridgehead atoms. The highest BCUT2D eigenvalue weighted by Crippen LogP contribution is 2.10. The fourth-order valence-electron chi connectivity index (χ4n) is 1.67.